The molecule has 1 aliphatic carbocycles. The van der Waals surface area contributed by atoms with Crippen LogP contribution >= 0.6 is 0 Å². The zero-order chi connectivity index (χ0) is 9.84. The van der Waals surface area contributed by atoms with E-state index in [2.05, 4.69) is 25.1 Å². The van der Waals surface area contributed by atoms with Crippen molar-refractivity contribution < 1.29 is 4.79 Å². The number of amides is 1. The Labute approximate surface area is 80.1 Å². The maximum atomic E-state index is 11.5. The summed E-state index contributed by atoms with van der Waals surface area (Å²) in [4.78, 5) is 11.5. The molecule has 0 spiro atoms. The number of rotatable bonds is 4. The fourth-order valence-electron chi connectivity index (χ4n) is 1.45. The molecule has 1 aliphatic rings. The van der Waals surface area contributed by atoms with Gasteiger partial charge < -0.3 is 5.32 Å². The van der Waals surface area contributed by atoms with Crippen LogP contribution in [0.25, 0.3) is 0 Å². The van der Waals surface area contributed by atoms with E-state index in [1.165, 1.54) is 0 Å². The average molecular weight is 179 g/mol. The van der Waals surface area contributed by atoms with E-state index in [1.54, 1.807) is 0 Å². The van der Waals surface area contributed by atoms with E-state index in [0.717, 1.165) is 19.3 Å². The molecule has 0 bridgehead atoms. The van der Waals surface area contributed by atoms with Gasteiger partial charge in [0.1, 0.15) is 0 Å². The van der Waals surface area contributed by atoms with Gasteiger partial charge in [-0.05, 0) is 18.8 Å². The largest absolute Gasteiger partial charge is 0.342 e. The average Bonchev–Trinajstić information content (AvgIpc) is 2.82. The van der Waals surface area contributed by atoms with Crippen LogP contribution in [0.3, 0.4) is 0 Å². The molecule has 1 amide bonds. The first kappa shape index (κ1) is 10.1. The first-order chi connectivity index (χ1) is 6.19. The molecule has 0 aliphatic heterocycles. The SMILES string of the molecule is C#CC(CCC)NC(=O)C1CC1C. The van der Waals surface area contributed by atoms with Crippen LogP contribution in [0.4, 0.5) is 0 Å². The Bertz CT molecular complexity index is 229. The van der Waals surface area contributed by atoms with Gasteiger partial charge in [0.05, 0.1) is 6.04 Å². The minimum atomic E-state index is -0.0645. The molecule has 0 heterocycles. The van der Waals surface area contributed by atoms with Crippen molar-refractivity contribution in [1.82, 2.24) is 5.32 Å². The Morgan fingerprint density at radius 3 is 2.77 bits per heavy atom. The van der Waals surface area contributed by atoms with Gasteiger partial charge in [-0.2, -0.15) is 0 Å². The summed E-state index contributed by atoms with van der Waals surface area (Å²) in [5.41, 5.74) is 0. The van der Waals surface area contributed by atoms with Crippen LogP contribution < -0.4 is 5.32 Å². The predicted octanol–water partition coefficient (Wildman–Crippen LogP) is 1.56. The Kier molecular flexibility index (Phi) is 3.36. The number of hydrogen-bond donors (Lipinski definition) is 1. The molecular weight excluding hydrogens is 162 g/mol. The maximum Gasteiger partial charge on any atom is 0.224 e. The molecule has 13 heavy (non-hydrogen) atoms. The zero-order valence-electron chi connectivity index (χ0n) is 8.34. The summed E-state index contributed by atoms with van der Waals surface area (Å²) >= 11 is 0. The van der Waals surface area contributed by atoms with Crippen LogP contribution in [0.2, 0.25) is 0 Å². The van der Waals surface area contributed by atoms with Crippen LogP contribution in [0.1, 0.15) is 33.1 Å². The number of hydrogen-bond acceptors (Lipinski definition) is 1. The molecule has 2 nitrogen and oxygen atoms in total. The lowest BCUT2D eigenvalue weighted by atomic mass is 10.1. The molecule has 1 fully saturated rings. The van der Waals surface area contributed by atoms with Gasteiger partial charge in [-0.3, -0.25) is 4.79 Å². The highest BCUT2D eigenvalue weighted by Crippen LogP contribution is 2.37. The highest BCUT2D eigenvalue weighted by atomic mass is 16.2. The topological polar surface area (TPSA) is 29.1 Å². The second kappa shape index (κ2) is 4.32. The third kappa shape index (κ3) is 2.77. The van der Waals surface area contributed by atoms with Crippen molar-refractivity contribution >= 4 is 5.91 Å². The predicted molar refractivity (Wildman–Crippen MR) is 52.9 cm³/mol. The van der Waals surface area contributed by atoms with Crippen LogP contribution in [0, 0.1) is 24.2 Å². The molecule has 72 valence electrons. The van der Waals surface area contributed by atoms with Gasteiger partial charge >= 0.3 is 0 Å². The maximum absolute atomic E-state index is 11.5. The quantitative estimate of drug-likeness (QED) is 0.652. The van der Waals surface area contributed by atoms with E-state index in [4.69, 9.17) is 6.42 Å². The van der Waals surface area contributed by atoms with E-state index < -0.39 is 0 Å². The highest BCUT2D eigenvalue weighted by molar-refractivity contribution is 5.82. The van der Waals surface area contributed by atoms with Crippen molar-refractivity contribution in [2.45, 2.75) is 39.2 Å². The lowest BCUT2D eigenvalue weighted by Crippen LogP contribution is -2.34. The van der Waals surface area contributed by atoms with Crippen molar-refractivity contribution in [3.8, 4) is 12.3 Å². The highest BCUT2D eigenvalue weighted by Gasteiger charge is 2.39. The number of nitrogens with one attached hydrogen (secondary N) is 1. The van der Waals surface area contributed by atoms with Crippen molar-refractivity contribution in [3.05, 3.63) is 0 Å². The molecule has 1 rings (SSSR count). The monoisotopic (exact) mass is 179 g/mol. The van der Waals surface area contributed by atoms with Gasteiger partial charge in [0, 0.05) is 5.92 Å². The second-order valence-electron chi connectivity index (χ2n) is 3.84. The summed E-state index contributed by atoms with van der Waals surface area (Å²) in [5, 5.41) is 2.88. The third-order valence-electron chi connectivity index (χ3n) is 2.54. The Morgan fingerprint density at radius 2 is 2.38 bits per heavy atom. The summed E-state index contributed by atoms with van der Waals surface area (Å²) in [7, 11) is 0. The van der Waals surface area contributed by atoms with Crippen molar-refractivity contribution in [3.63, 3.8) is 0 Å². The standard InChI is InChI=1S/C11H17NO/c1-4-6-9(5-2)12-11(13)10-7-8(10)3/h2,8-10H,4,6-7H2,1,3H3,(H,12,13). The fraction of sp³-hybridized carbons (Fsp3) is 0.727. The molecule has 0 aromatic rings. The summed E-state index contributed by atoms with van der Waals surface area (Å²) in [6.45, 7) is 4.16. The zero-order valence-corrected chi connectivity index (χ0v) is 8.34. The fourth-order valence-corrected chi connectivity index (χ4v) is 1.45. The molecule has 0 saturated heterocycles. The van der Waals surface area contributed by atoms with Crippen molar-refractivity contribution in [1.29, 1.82) is 0 Å². The van der Waals surface area contributed by atoms with Gasteiger partial charge in [0.2, 0.25) is 5.91 Å². The van der Waals surface area contributed by atoms with E-state index >= 15 is 0 Å². The molecule has 2 heteroatoms. The molecule has 0 aromatic carbocycles. The van der Waals surface area contributed by atoms with Crippen LogP contribution in [0.5, 0.6) is 0 Å². The Hall–Kier alpha value is -0.970. The number of carbonyl (C=O) groups is 1. The molecule has 3 unspecified atom stereocenters. The normalized spacial score (nSPS) is 27.5. The summed E-state index contributed by atoms with van der Waals surface area (Å²) < 4.78 is 0. The van der Waals surface area contributed by atoms with Crippen molar-refractivity contribution in [2.24, 2.45) is 11.8 Å². The Morgan fingerprint density at radius 1 is 1.77 bits per heavy atom. The van der Waals surface area contributed by atoms with Gasteiger partial charge in [-0.1, -0.05) is 26.2 Å². The van der Waals surface area contributed by atoms with Crippen molar-refractivity contribution in [2.75, 3.05) is 0 Å². The van der Waals surface area contributed by atoms with Crippen LogP contribution in [-0.2, 0) is 4.79 Å². The second-order valence-corrected chi connectivity index (χ2v) is 3.84. The van der Waals surface area contributed by atoms with Gasteiger partial charge in [-0.25, -0.2) is 0 Å². The summed E-state index contributed by atoms with van der Waals surface area (Å²) in [6, 6.07) is -0.0645. The van der Waals surface area contributed by atoms with E-state index in [9.17, 15) is 4.79 Å². The van der Waals surface area contributed by atoms with Gasteiger partial charge in [0.25, 0.3) is 0 Å². The minimum absolute atomic E-state index is 0.0645. The van der Waals surface area contributed by atoms with E-state index in [-0.39, 0.29) is 17.9 Å². The summed E-state index contributed by atoms with van der Waals surface area (Å²) in [5.74, 6) is 3.53. The molecule has 3 atom stereocenters. The van der Waals surface area contributed by atoms with E-state index in [0.29, 0.717) is 5.92 Å². The molecule has 1 saturated carbocycles. The van der Waals surface area contributed by atoms with Crippen LogP contribution in [-0.4, -0.2) is 11.9 Å². The molecule has 1 N–H and O–H groups in total. The lowest BCUT2D eigenvalue weighted by molar-refractivity contribution is -0.122. The molecule has 0 radical (unpaired) electrons. The Balaban J connectivity index is 2.30. The lowest BCUT2D eigenvalue weighted by Gasteiger charge is -2.11. The first-order valence-corrected chi connectivity index (χ1v) is 4.95. The van der Waals surface area contributed by atoms with Gasteiger partial charge in [0.15, 0.2) is 0 Å². The molecule has 0 aromatic heterocycles. The smallest absolute Gasteiger partial charge is 0.224 e. The minimum Gasteiger partial charge on any atom is -0.342 e. The van der Waals surface area contributed by atoms with E-state index in [1.807, 2.05) is 0 Å². The van der Waals surface area contributed by atoms with Gasteiger partial charge in [-0.15, -0.1) is 6.42 Å². The first-order valence-electron chi connectivity index (χ1n) is 4.95. The third-order valence-corrected chi connectivity index (χ3v) is 2.54. The van der Waals surface area contributed by atoms with Crippen LogP contribution in [0.15, 0.2) is 0 Å². The number of carbonyl (C=O) groups excluding carboxylic acids is 1. The molecular formula is C11H17NO. The number of terminal acetylenes is 1. The summed E-state index contributed by atoms with van der Waals surface area (Å²) in [6.07, 6.45) is 8.21.